The van der Waals surface area contributed by atoms with Crippen molar-refractivity contribution in [1.29, 1.82) is 0 Å². The summed E-state index contributed by atoms with van der Waals surface area (Å²) in [6.45, 7) is 20.1. The van der Waals surface area contributed by atoms with Crippen LogP contribution in [-0.2, 0) is 24.7 Å². The summed E-state index contributed by atoms with van der Waals surface area (Å²) in [5.41, 5.74) is 18.3. The molecule has 5 rings (SSSR count). The largest absolute Gasteiger partial charge is 0.507 e. The van der Waals surface area contributed by atoms with Crippen molar-refractivity contribution in [2.45, 2.75) is 87.0 Å². The van der Waals surface area contributed by atoms with E-state index in [1.54, 1.807) is 0 Å². The molecule has 0 bridgehead atoms. The van der Waals surface area contributed by atoms with E-state index in [1.807, 2.05) is 13.8 Å². The van der Waals surface area contributed by atoms with Crippen molar-refractivity contribution >= 4 is 0 Å². The summed E-state index contributed by atoms with van der Waals surface area (Å²) >= 11 is 0. The molecular formula is C38H44O. The molecule has 0 aromatic heterocycles. The van der Waals surface area contributed by atoms with E-state index < -0.39 is 0 Å². The summed E-state index contributed by atoms with van der Waals surface area (Å²) in [7, 11) is 0. The van der Waals surface area contributed by atoms with Gasteiger partial charge in [-0.05, 0) is 150 Å². The van der Waals surface area contributed by atoms with E-state index in [4.69, 9.17) is 0 Å². The third kappa shape index (κ3) is 5.17. The molecule has 0 heterocycles. The minimum atomic E-state index is -0.0262. The van der Waals surface area contributed by atoms with Crippen LogP contribution in [-0.4, -0.2) is 5.11 Å². The zero-order valence-corrected chi connectivity index (χ0v) is 25.3. The van der Waals surface area contributed by atoms with Crippen molar-refractivity contribution in [3.63, 3.8) is 0 Å². The maximum atomic E-state index is 10.2. The number of aromatic hydroxyl groups is 1. The second kappa shape index (κ2) is 10.0. The van der Waals surface area contributed by atoms with Crippen molar-refractivity contribution in [2.75, 3.05) is 0 Å². The second-order valence-corrected chi connectivity index (χ2v) is 13.1. The van der Waals surface area contributed by atoms with Gasteiger partial charge in [-0.15, -0.1) is 0 Å². The summed E-state index contributed by atoms with van der Waals surface area (Å²) in [5.74, 6) is 1.17. The van der Waals surface area contributed by atoms with Crippen LogP contribution in [0.5, 0.6) is 5.75 Å². The summed E-state index contributed by atoms with van der Waals surface area (Å²) in [4.78, 5) is 0. The van der Waals surface area contributed by atoms with E-state index in [0.717, 1.165) is 23.5 Å². The topological polar surface area (TPSA) is 20.2 Å². The van der Waals surface area contributed by atoms with Gasteiger partial charge in [0.1, 0.15) is 5.75 Å². The molecular weight excluding hydrogens is 472 g/mol. The van der Waals surface area contributed by atoms with Gasteiger partial charge in [0.05, 0.1) is 0 Å². The van der Waals surface area contributed by atoms with Crippen LogP contribution < -0.4 is 0 Å². The lowest BCUT2D eigenvalue weighted by atomic mass is 9.74. The van der Waals surface area contributed by atoms with Crippen molar-refractivity contribution in [2.24, 2.45) is 5.92 Å². The molecule has 202 valence electrons. The van der Waals surface area contributed by atoms with Gasteiger partial charge in [-0.1, -0.05) is 75.4 Å². The first-order valence-corrected chi connectivity index (χ1v) is 14.5. The van der Waals surface area contributed by atoms with Gasteiger partial charge in [-0.2, -0.15) is 0 Å². The number of phenols is 1. The number of phenolic OH excluding ortho intramolecular Hbond substituents is 1. The SMILES string of the molecule is Cc1cc(CC(C)(C)c2c(C)cc(-c3c(C)cc(-c4ccc5c(c4)CC(C)C5)cc3C)cc2C)cc(C)c1O. The molecule has 4 aromatic carbocycles. The molecule has 1 atom stereocenters. The molecule has 0 saturated heterocycles. The van der Waals surface area contributed by atoms with Gasteiger partial charge in [-0.3, -0.25) is 0 Å². The van der Waals surface area contributed by atoms with Gasteiger partial charge in [0.15, 0.2) is 0 Å². The molecule has 1 aliphatic rings. The van der Waals surface area contributed by atoms with Crippen LogP contribution in [0.25, 0.3) is 22.3 Å². The molecule has 1 nitrogen and oxygen atoms in total. The Bertz CT molecular complexity index is 1510. The van der Waals surface area contributed by atoms with Gasteiger partial charge in [-0.25, -0.2) is 0 Å². The molecule has 0 fully saturated rings. The quantitative estimate of drug-likeness (QED) is 0.280. The summed E-state index contributed by atoms with van der Waals surface area (Å²) in [5, 5.41) is 10.2. The Labute approximate surface area is 236 Å². The zero-order valence-electron chi connectivity index (χ0n) is 25.3. The van der Waals surface area contributed by atoms with Gasteiger partial charge >= 0.3 is 0 Å². The third-order valence-corrected chi connectivity index (χ3v) is 8.90. The molecule has 4 aromatic rings. The van der Waals surface area contributed by atoms with E-state index in [9.17, 15) is 5.11 Å². The number of aryl methyl sites for hydroxylation is 6. The van der Waals surface area contributed by atoms with Crippen LogP contribution >= 0.6 is 0 Å². The average Bonchev–Trinajstić information content (AvgIpc) is 3.20. The Balaban J connectivity index is 1.48. The Morgan fingerprint density at radius 3 is 1.77 bits per heavy atom. The first-order chi connectivity index (χ1) is 18.3. The highest BCUT2D eigenvalue weighted by Crippen LogP contribution is 2.39. The molecule has 1 unspecified atom stereocenters. The van der Waals surface area contributed by atoms with E-state index >= 15 is 0 Å². The van der Waals surface area contributed by atoms with Gasteiger partial charge in [0.2, 0.25) is 0 Å². The molecule has 0 amide bonds. The first kappa shape index (κ1) is 27.3. The average molecular weight is 517 g/mol. The van der Waals surface area contributed by atoms with Crippen LogP contribution in [0.4, 0.5) is 0 Å². The summed E-state index contributed by atoms with van der Waals surface area (Å²) in [6, 6.07) is 20.9. The van der Waals surface area contributed by atoms with E-state index in [1.165, 1.54) is 79.6 Å². The molecule has 1 aliphatic carbocycles. The Morgan fingerprint density at radius 2 is 1.18 bits per heavy atom. The monoisotopic (exact) mass is 516 g/mol. The highest BCUT2D eigenvalue weighted by molar-refractivity contribution is 5.78. The standard InChI is InChI=1S/C38H44O/c1-22-12-30-10-11-31(20-32(30)13-22)33-16-23(2)35(24(3)17-33)34-18-25(4)36(26(5)19-34)38(8,9)21-29-14-27(6)37(39)28(7)15-29/h10-11,14-20,22,39H,12-13,21H2,1-9H3. The Morgan fingerprint density at radius 1 is 0.641 bits per heavy atom. The predicted octanol–water partition coefficient (Wildman–Crippen LogP) is 9.83. The maximum absolute atomic E-state index is 10.2. The van der Waals surface area contributed by atoms with Crippen LogP contribution in [0, 0.1) is 47.5 Å². The van der Waals surface area contributed by atoms with E-state index in [0.29, 0.717) is 5.75 Å². The molecule has 0 saturated carbocycles. The van der Waals surface area contributed by atoms with Crippen molar-refractivity contribution in [1.82, 2.24) is 0 Å². The maximum Gasteiger partial charge on any atom is 0.121 e. The van der Waals surface area contributed by atoms with Crippen LogP contribution in [0.3, 0.4) is 0 Å². The van der Waals surface area contributed by atoms with Crippen molar-refractivity contribution < 1.29 is 5.11 Å². The van der Waals surface area contributed by atoms with Gasteiger partial charge in [0.25, 0.3) is 0 Å². The minimum absolute atomic E-state index is 0.0262. The molecule has 0 spiro atoms. The molecule has 39 heavy (non-hydrogen) atoms. The van der Waals surface area contributed by atoms with E-state index in [-0.39, 0.29) is 5.41 Å². The lowest BCUT2D eigenvalue weighted by molar-refractivity contribution is 0.465. The van der Waals surface area contributed by atoms with Crippen LogP contribution in [0.2, 0.25) is 0 Å². The highest BCUT2D eigenvalue weighted by atomic mass is 16.3. The normalized spacial score (nSPS) is 15.1. The fraction of sp³-hybridized carbons (Fsp3) is 0.368. The number of hydrogen-bond donors (Lipinski definition) is 1. The first-order valence-electron chi connectivity index (χ1n) is 14.5. The molecule has 0 aliphatic heterocycles. The number of benzene rings is 4. The number of fused-ring (bicyclic) bond motifs is 1. The smallest absolute Gasteiger partial charge is 0.121 e. The van der Waals surface area contributed by atoms with Crippen LogP contribution in [0.15, 0.2) is 54.6 Å². The highest BCUT2D eigenvalue weighted by Gasteiger charge is 2.26. The fourth-order valence-corrected chi connectivity index (χ4v) is 7.52. The van der Waals surface area contributed by atoms with Crippen LogP contribution in [0.1, 0.15) is 76.4 Å². The number of rotatable bonds is 5. The minimum Gasteiger partial charge on any atom is -0.507 e. The van der Waals surface area contributed by atoms with Crippen molar-refractivity contribution in [3.05, 3.63) is 110 Å². The number of hydrogen-bond acceptors (Lipinski definition) is 1. The fourth-order valence-electron chi connectivity index (χ4n) is 7.52. The van der Waals surface area contributed by atoms with Crippen molar-refractivity contribution in [3.8, 4) is 28.0 Å². The molecule has 1 heteroatoms. The Hall–Kier alpha value is -3.32. The second-order valence-electron chi connectivity index (χ2n) is 13.1. The summed E-state index contributed by atoms with van der Waals surface area (Å²) < 4.78 is 0. The zero-order chi connectivity index (χ0) is 28.2. The predicted molar refractivity (Wildman–Crippen MR) is 167 cm³/mol. The Kier molecular flexibility index (Phi) is 7.00. The lowest BCUT2D eigenvalue weighted by Gasteiger charge is -2.30. The van der Waals surface area contributed by atoms with Gasteiger partial charge < -0.3 is 5.11 Å². The third-order valence-electron chi connectivity index (χ3n) is 8.90. The van der Waals surface area contributed by atoms with Gasteiger partial charge in [0, 0.05) is 0 Å². The van der Waals surface area contributed by atoms with E-state index in [2.05, 4.69) is 103 Å². The molecule has 1 N–H and O–H groups in total. The molecule has 0 radical (unpaired) electrons. The summed E-state index contributed by atoms with van der Waals surface area (Å²) in [6.07, 6.45) is 3.35. The lowest BCUT2D eigenvalue weighted by Crippen LogP contribution is -2.23.